The van der Waals surface area contributed by atoms with Crippen LogP contribution in [0.3, 0.4) is 0 Å². The zero-order valence-corrected chi connectivity index (χ0v) is 15.3. The molecule has 0 amide bonds. The van der Waals surface area contributed by atoms with Crippen molar-refractivity contribution < 1.29 is 4.74 Å². The molecule has 2 nitrogen and oxygen atoms in total. The Kier molecular flexibility index (Phi) is 5.34. The first-order chi connectivity index (χ1) is 10.2. The van der Waals surface area contributed by atoms with Gasteiger partial charge in [0, 0.05) is 38.3 Å². The van der Waals surface area contributed by atoms with Gasteiger partial charge in [-0.05, 0) is 44.6 Å². The summed E-state index contributed by atoms with van der Waals surface area (Å²) >= 11 is 0. The van der Waals surface area contributed by atoms with E-state index >= 15 is 0 Å². The molecule has 1 fully saturated rings. The van der Waals surface area contributed by atoms with Gasteiger partial charge in [0.25, 0.3) is 0 Å². The van der Waals surface area contributed by atoms with Crippen molar-refractivity contribution in [2.45, 2.75) is 58.9 Å². The van der Waals surface area contributed by atoms with E-state index in [1.165, 1.54) is 30.6 Å². The lowest BCUT2D eigenvalue weighted by atomic mass is 9.75. The van der Waals surface area contributed by atoms with E-state index in [1.54, 1.807) is 7.11 Å². The monoisotopic (exact) mass is 303 g/mol. The van der Waals surface area contributed by atoms with Gasteiger partial charge in [-0.2, -0.15) is 0 Å². The number of hydrogen-bond donors (Lipinski definition) is 0. The molecule has 0 aromatic heterocycles. The van der Waals surface area contributed by atoms with Gasteiger partial charge in [0.2, 0.25) is 0 Å². The highest BCUT2D eigenvalue weighted by molar-refractivity contribution is 5.27. The van der Waals surface area contributed by atoms with Crippen molar-refractivity contribution in [3.05, 3.63) is 35.4 Å². The standard InChI is InChI=1S/C20H33NO/c1-16-7-9-17(10-8-16)18-13-21(14-18)20(4,5)15-19(2,3)11-12-22-6/h7-10,18H,11-15H2,1-6H3. The first kappa shape index (κ1) is 17.5. The molecular weight excluding hydrogens is 270 g/mol. The van der Waals surface area contributed by atoms with Crippen molar-refractivity contribution in [3.63, 3.8) is 0 Å². The summed E-state index contributed by atoms with van der Waals surface area (Å²) in [5, 5.41) is 0. The second-order valence-electron chi connectivity index (χ2n) is 8.41. The van der Waals surface area contributed by atoms with Crippen molar-refractivity contribution in [3.8, 4) is 0 Å². The topological polar surface area (TPSA) is 12.5 Å². The van der Waals surface area contributed by atoms with E-state index in [9.17, 15) is 0 Å². The molecule has 22 heavy (non-hydrogen) atoms. The molecule has 1 saturated heterocycles. The van der Waals surface area contributed by atoms with Crippen molar-refractivity contribution in [1.82, 2.24) is 4.90 Å². The zero-order valence-electron chi connectivity index (χ0n) is 15.3. The molecule has 1 aromatic carbocycles. The molecule has 0 saturated carbocycles. The molecule has 2 rings (SSSR count). The number of aryl methyl sites for hydroxylation is 1. The van der Waals surface area contributed by atoms with Crippen LogP contribution in [0, 0.1) is 12.3 Å². The predicted octanol–water partition coefficient (Wildman–Crippen LogP) is 4.63. The van der Waals surface area contributed by atoms with Crippen LogP contribution in [0.2, 0.25) is 0 Å². The minimum Gasteiger partial charge on any atom is -0.385 e. The fourth-order valence-electron chi connectivity index (χ4n) is 3.77. The fraction of sp³-hybridized carbons (Fsp3) is 0.700. The van der Waals surface area contributed by atoms with Gasteiger partial charge in [-0.1, -0.05) is 43.7 Å². The molecule has 1 aliphatic rings. The Bertz CT molecular complexity index is 469. The first-order valence-corrected chi connectivity index (χ1v) is 8.54. The van der Waals surface area contributed by atoms with Crippen LogP contribution in [0.5, 0.6) is 0 Å². The molecule has 2 heteroatoms. The molecule has 0 radical (unpaired) electrons. The first-order valence-electron chi connectivity index (χ1n) is 8.54. The number of hydrogen-bond acceptors (Lipinski definition) is 2. The summed E-state index contributed by atoms with van der Waals surface area (Å²) in [6.07, 6.45) is 2.34. The zero-order chi connectivity index (χ0) is 16.4. The average Bonchev–Trinajstić information content (AvgIpc) is 2.35. The van der Waals surface area contributed by atoms with Crippen LogP contribution < -0.4 is 0 Å². The number of nitrogens with zero attached hydrogens (tertiary/aromatic N) is 1. The molecule has 1 heterocycles. The van der Waals surface area contributed by atoms with Crippen LogP contribution in [-0.2, 0) is 4.74 Å². The summed E-state index contributed by atoms with van der Waals surface area (Å²) < 4.78 is 5.26. The van der Waals surface area contributed by atoms with E-state index in [4.69, 9.17) is 4.74 Å². The number of benzene rings is 1. The maximum atomic E-state index is 5.26. The van der Waals surface area contributed by atoms with E-state index < -0.39 is 0 Å². The van der Waals surface area contributed by atoms with Gasteiger partial charge in [0.1, 0.15) is 0 Å². The Labute approximate surface area is 136 Å². The summed E-state index contributed by atoms with van der Waals surface area (Å²) in [5.41, 5.74) is 3.43. The van der Waals surface area contributed by atoms with Gasteiger partial charge in [-0.3, -0.25) is 4.90 Å². The summed E-state index contributed by atoms with van der Waals surface area (Å²) in [5.74, 6) is 0.710. The third-order valence-electron chi connectivity index (χ3n) is 5.18. The van der Waals surface area contributed by atoms with Gasteiger partial charge in [-0.15, -0.1) is 0 Å². The minimum atomic E-state index is 0.262. The molecule has 0 aliphatic carbocycles. The third kappa shape index (κ3) is 4.33. The molecule has 0 atom stereocenters. The molecule has 0 bridgehead atoms. The van der Waals surface area contributed by atoms with Gasteiger partial charge in [0.15, 0.2) is 0 Å². The Morgan fingerprint density at radius 1 is 1.09 bits per heavy atom. The normalized spacial score (nSPS) is 17.5. The third-order valence-corrected chi connectivity index (χ3v) is 5.18. The summed E-state index contributed by atoms with van der Waals surface area (Å²) in [6.45, 7) is 14.9. The second-order valence-corrected chi connectivity index (χ2v) is 8.41. The molecule has 0 unspecified atom stereocenters. The van der Waals surface area contributed by atoms with Crippen molar-refractivity contribution in [2.75, 3.05) is 26.8 Å². The number of methoxy groups -OCH3 is 1. The van der Waals surface area contributed by atoms with Crippen molar-refractivity contribution in [2.24, 2.45) is 5.41 Å². The lowest BCUT2D eigenvalue weighted by Crippen LogP contribution is -2.57. The molecular formula is C20H33NO. The van der Waals surface area contributed by atoms with E-state index in [2.05, 4.69) is 63.8 Å². The Balaban J connectivity index is 1.89. The SMILES string of the molecule is COCCC(C)(C)CC(C)(C)N1CC(c2ccc(C)cc2)C1. The smallest absolute Gasteiger partial charge is 0.0467 e. The highest BCUT2D eigenvalue weighted by atomic mass is 16.5. The van der Waals surface area contributed by atoms with Gasteiger partial charge < -0.3 is 4.74 Å². The maximum absolute atomic E-state index is 5.26. The second kappa shape index (κ2) is 6.72. The Hall–Kier alpha value is -0.860. The van der Waals surface area contributed by atoms with E-state index in [1.807, 2.05) is 0 Å². The molecule has 124 valence electrons. The molecule has 1 aliphatic heterocycles. The van der Waals surface area contributed by atoms with Gasteiger partial charge >= 0.3 is 0 Å². The van der Waals surface area contributed by atoms with Crippen LogP contribution in [-0.4, -0.2) is 37.2 Å². The minimum absolute atomic E-state index is 0.262. The van der Waals surface area contributed by atoms with Crippen LogP contribution >= 0.6 is 0 Å². The lowest BCUT2D eigenvalue weighted by molar-refractivity contribution is 0.0000898. The van der Waals surface area contributed by atoms with Crippen LogP contribution in [0.1, 0.15) is 57.6 Å². The van der Waals surface area contributed by atoms with E-state index in [0.717, 1.165) is 13.0 Å². The van der Waals surface area contributed by atoms with Crippen LogP contribution in [0.25, 0.3) is 0 Å². The summed E-state index contributed by atoms with van der Waals surface area (Å²) in [7, 11) is 1.79. The van der Waals surface area contributed by atoms with E-state index in [-0.39, 0.29) is 5.54 Å². The molecule has 0 spiro atoms. The molecule has 1 aromatic rings. The Morgan fingerprint density at radius 3 is 2.23 bits per heavy atom. The summed E-state index contributed by atoms with van der Waals surface area (Å²) in [4.78, 5) is 2.64. The molecule has 0 N–H and O–H groups in total. The van der Waals surface area contributed by atoms with Gasteiger partial charge in [-0.25, -0.2) is 0 Å². The highest BCUT2D eigenvalue weighted by Gasteiger charge is 2.40. The van der Waals surface area contributed by atoms with E-state index in [0.29, 0.717) is 11.3 Å². The summed E-state index contributed by atoms with van der Waals surface area (Å²) in [6, 6.07) is 9.06. The van der Waals surface area contributed by atoms with Gasteiger partial charge in [0.05, 0.1) is 0 Å². The quantitative estimate of drug-likeness (QED) is 0.728. The highest BCUT2D eigenvalue weighted by Crippen LogP contribution is 2.40. The lowest BCUT2D eigenvalue weighted by Gasteiger charge is -2.52. The van der Waals surface area contributed by atoms with Crippen LogP contribution in [0.4, 0.5) is 0 Å². The number of rotatable bonds is 7. The predicted molar refractivity (Wildman–Crippen MR) is 94.5 cm³/mol. The number of ether oxygens (including phenoxy) is 1. The van der Waals surface area contributed by atoms with Crippen LogP contribution in [0.15, 0.2) is 24.3 Å². The maximum Gasteiger partial charge on any atom is 0.0467 e. The van der Waals surface area contributed by atoms with Crippen molar-refractivity contribution in [1.29, 1.82) is 0 Å². The largest absolute Gasteiger partial charge is 0.385 e. The fourth-order valence-corrected chi connectivity index (χ4v) is 3.77. The van der Waals surface area contributed by atoms with Crippen molar-refractivity contribution >= 4 is 0 Å². The average molecular weight is 303 g/mol. The Morgan fingerprint density at radius 2 is 1.68 bits per heavy atom. The number of likely N-dealkylation sites (tertiary alicyclic amines) is 1.